The topological polar surface area (TPSA) is 97.1 Å². The second-order valence-corrected chi connectivity index (χ2v) is 8.23. The summed E-state index contributed by atoms with van der Waals surface area (Å²) in [6.45, 7) is 1.91. The van der Waals surface area contributed by atoms with Gasteiger partial charge in [0.05, 0.1) is 11.7 Å². The fraction of sp³-hybridized carbons (Fsp3) is 0.0800. The van der Waals surface area contributed by atoms with Crippen molar-refractivity contribution in [3.8, 4) is 21.8 Å². The minimum Gasteiger partial charge on any atom is -0.351 e. The third-order valence-corrected chi connectivity index (χ3v) is 6.03. The maximum absolute atomic E-state index is 13.3. The lowest BCUT2D eigenvalue weighted by Crippen LogP contribution is -2.26. The Morgan fingerprint density at radius 1 is 0.875 bits per heavy atom. The number of benzene rings is 3. The Kier molecular flexibility index (Phi) is 6.28. The predicted molar refractivity (Wildman–Crippen MR) is 129 cm³/mol. The highest BCUT2D eigenvalue weighted by Crippen LogP contribution is 2.34. The molecule has 1 atom stereocenters. The molecule has 0 saturated heterocycles. The van der Waals surface area contributed by atoms with E-state index in [0.29, 0.717) is 16.3 Å². The van der Waals surface area contributed by atoms with Crippen LogP contribution in [0.3, 0.4) is 0 Å². The first-order valence-corrected chi connectivity index (χ1v) is 10.9. The third kappa shape index (κ3) is 4.84. The summed E-state index contributed by atoms with van der Waals surface area (Å²) < 4.78 is 0. The maximum atomic E-state index is 13.3. The minimum absolute atomic E-state index is 0.185. The number of thiazole rings is 1. The maximum Gasteiger partial charge on any atom is 0.316 e. The largest absolute Gasteiger partial charge is 0.351 e. The lowest BCUT2D eigenvalue weighted by Gasteiger charge is -2.15. The third-order valence-electron chi connectivity index (χ3n) is 4.93. The van der Waals surface area contributed by atoms with Crippen molar-refractivity contribution < 1.29 is 9.59 Å². The van der Waals surface area contributed by atoms with Crippen LogP contribution in [0.1, 0.15) is 28.2 Å². The standard InChI is InChI=1S/C25H22N4O2S/c1-16(17-12-14-20(15-13-17)28-25(26)31)27-23(30)22-21(18-8-4-2-5-9-18)29-24(32-22)19-10-6-3-7-11-19/h2-16H,1H3,(H,27,30)(H3,26,28,31). The SMILES string of the molecule is CC(NC(=O)c1sc(-c2ccccc2)nc1-c1ccccc1)c1ccc(NC(N)=O)cc1. The van der Waals surface area contributed by atoms with Crippen LogP contribution in [-0.2, 0) is 0 Å². The van der Waals surface area contributed by atoms with Crippen molar-refractivity contribution in [2.24, 2.45) is 5.73 Å². The molecule has 0 spiro atoms. The van der Waals surface area contributed by atoms with Gasteiger partial charge in [0.15, 0.2) is 0 Å². The van der Waals surface area contributed by atoms with E-state index in [2.05, 4.69) is 10.6 Å². The predicted octanol–water partition coefficient (Wildman–Crippen LogP) is 5.46. The second-order valence-electron chi connectivity index (χ2n) is 7.24. The molecule has 0 saturated carbocycles. The first kappa shape index (κ1) is 21.3. The first-order valence-electron chi connectivity index (χ1n) is 10.1. The monoisotopic (exact) mass is 442 g/mol. The molecule has 6 nitrogen and oxygen atoms in total. The fourth-order valence-electron chi connectivity index (χ4n) is 3.31. The number of urea groups is 1. The van der Waals surface area contributed by atoms with Crippen LogP contribution < -0.4 is 16.4 Å². The summed E-state index contributed by atoms with van der Waals surface area (Å²) in [6.07, 6.45) is 0. The Balaban J connectivity index is 1.61. The van der Waals surface area contributed by atoms with Crippen LogP contribution in [0.15, 0.2) is 84.9 Å². The van der Waals surface area contributed by atoms with Gasteiger partial charge < -0.3 is 16.4 Å². The summed E-state index contributed by atoms with van der Waals surface area (Å²) in [7, 11) is 0. The van der Waals surface area contributed by atoms with Gasteiger partial charge in [-0.1, -0.05) is 72.8 Å². The van der Waals surface area contributed by atoms with E-state index < -0.39 is 6.03 Å². The number of primary amides is 1. The van der Waals surface area contributed by atoms with E-state index in [-0.39, 0.29) is 11.9 Å². The van der Waals surface area contributed by atoms with Gasteiger partial charge in [-0.05, 0) is 24.6 Å². The molecule has 4 aromatic rings. The quantitative estimate of drug-likeness (QED) is 0.370. The Labute approximate surface area is 190 Å². The number of amides is 3. The number of hydrogen-bond acceptors (Lipinski definition) is 4. The van der Waals surface area contributed by atoms with Crippen LogP contribution in [0.2, 0.25) is 0 Å². The lowest BCUT2D eigenvalue weighted by molar-refractivity contribution is 0.0944. The normalized spacial score (nSPS) is 11.5. The molecule has 1 unspecified atom stereocenters. The highest BCUT2D eigenvalue weighted by atomic mass is 32.1. The van der Waals surface area contributed by atoms with E-state index in [1.54, 1.807) is 12.1 Å². The molecule has 160 valence electrons. The van der Waals surface area contributed by atoms with Gasteiger partial charge in [-0.2, -0.15) is 0 Å². The molecule has 1 heterocycles. The number of nitrogens with one attached hydrogen (secondary N) is 2. The van der Waals surface area contributed by atoms with Crippen molar-refractivity contribution in [2.45, 2.75) is 13.0 Å². The van der Waals surface area contributed by atoms with Gasteiger partial charge >= 0.3 is 6.03 Å². The van der Waals surface area contributed by atoms with E-state index in [0.717, 1.165) is 21.7 Å². The molecule has 0 aliphatic rings. The zero-order valence-corrected chi connectivity index (χ0v) is 18.2. The van der Waals surface area contributed by atoms with Gasteiger partial charge in [0.1, 0.15) is 9.88 Å². The summed E-state index contributed by atoms with van der Waals surface area (Å²) in [5.74, 6) is -0.185. The molecule has 0 aliphatic carbocycles. The van der Waals surface area contributed by atoms with Gasteiger partial charge in [-0.25, -0.2) is 9.78 Å². The average molecular weight is 443 g/mol. The molecule has 4 rings (SSSR count). The Morgan fingerprint density at radius 2 is 1.47 bits per heavy atom. The first-order chi connectivity index (χ1) is 15.5. The summed E-state index contributed by atoms with van der Waals surface area (Å²) in [6, 6.07) is 25.9. The number of nitrogens with zero attached hydrogens (tertiary/aromatic N) is 1. The van der Waals surface area contributed by atoms with Gasteiger partial charge in [0.2, 0.25) is 0 Å². The molecule has 0 aliphatic heterocycles. The molecule has 0 bridgehead atoms. The van der Waals surface area contributed by atoms with E-state index in [9.17, 15) is 9.59 Å². The van der Waals surface area contributed by atoms with Crippen LogP contribution in [-0.4, -0.2) is 16.9 Å². The molecule has 32 heavy (non-hydrogen) atoms. The summed E-state index contributed by atoms with van der Waals surface area (Å²) in [5, 5.41) is 6.39. The Hall–Kier alpha value is -3.97. The van der Waals surface area contributed by atoms with Crippen molar-refractivity contribution in [3.05, 3.63) is 95.4 Å². The van der Waals surface area contributed by atoms with Crippen LogP contribution >= 0.6 is 11.3 Å². The summed E-state index contributed by atoms with van der Waals surface area (Å²) in [4.78, 5) is 29.6. The minimum atomic E-state index is -0.619. The molecule has 0 radical (unpaired) electrons. The lowest BCUT2D eigenvalue weighted by atomic mass is 10.1. The highest BCUT2D eigenvalue weighted by molar-refractivity contribution is 7.17. The molecule has 1 aromatic heterocycles. The van der Waals surface area contributed by atoms with Crippen molar-refractivity contribution in [3.63, 3.8) is 0 Å². The molecule has 0 fully saturated rings. The number of nitrogens with two attached hydrogens (primary N) is 1. The highest BCUT2D eigenvalue weighted by Gasteiger charge is 2.22. The fourth-order valence-corrected chi connectivity index (χ4v) is 4.31. The average Bonchev–Trinajstić information content (AvgIpc) is 3.26. The number of rotatable bonds is 6. The van der Waals surface area contributed by atoms with Crippen molar-refractivity contribution in [1.82, 2.24) is 10.3 Å². The number of carbonyl (C=O) groups is 2. The van der Waals surface area contributed by atoms with Crippen LogP contribution in [0.4, 0.5) is 10.5 Å². The Morgan fingerprint density at radius 3 is 2.06 bits per heavy atom. The van der Waals surface area contributed by atoms with Crippen molar-refractivity contribution >= 4 is 29.0 Å². The van der Waals surface area contributed by atoms with Crippen molar-refractivity contribution in [1.29, 1.82) is 0 Å². The van der Waals surface area contributed by atoms with Gasteiger partial charge in [0, 0.05) is 16.8 Å². The number of hydrogen-bond donors (Lipinski definition) is 3. The zero-order valence-electron chi connectivity index (χ0n) is 17.4. The molecular weight excluding hydrogens is 420 g/mol. The van der Waals surface area contributed by atoms with Crippen LogP contribution in [0.5, 0.6) is 0 Å². The molecule has 3 aromatic carbocycles. The summed E-state index contributed by atoms with van der Waals surface area (Å²) >= 11 is 1.38. The van der Waals surface area contributed by atoms with E-state index in [1.807, 2.05) is 79.7 Å². The molecule has 7 heteroatoms. The number of carbonyl (C=O) groups excluding carboxylic acids is 2. The zero-order chi connectivity index (χ0) is 22.5. The van der Waals surface area contributed by atoms with E-state index in [1.165, 1.54) is 11.3 Å². The van der Waals surface area contributed by atoms with Gasteiger partial charge in [-0.3, -0.25) is 4.79 Å². The molecule has 3 amide bonds. The van der Waals surface area contributed by atoms with Gasteiger partial charge in [0.25, 0.3) is 5.91 Å². The van der Waals surface area contributed by atoms with E-state index >= 15 is 0 Å². The number of aromatic nitrogens is 1. The Bertz CT molecular complexity index is 1220. The van der Waals surface area contributed by atoms with E-state index in [4.69, 9.17) is 10.7 Å². The van der Waals surface area contributed by atoms with Crippen LogP contribution in [0, 0.1) is 0 Å². The second kappa shape index (κ2) is 9.45. The molecular formula is C25H22N4O2S. The summed E-state index contributed by atoms with van der Waals surface area (Å²) in [5.41, 5.74) is 9.18. The van der Waals surface area contributed by atoms with Crippen LogP contribution in [0.25, 0.3) is 21.8 Å². The smallest absolute Gasteiger partial charge is 0.316 e. The molecule has 4 N–H and O–H groups in total. The van der Waals surface area contributed by atoms with Gasteiger partial charge in [-0.15, -0.1) is 11.3 Å². The van der Waals surface area contributed by atoms with Crippen molar-refractivity contribution in [2.75, 3.05) is 5.32 Å². The number of anilines is 1.